The van der Waals surface area contributed by atoms with Gasteiger partial charge in [0.25, 0.3) is 0 Å². The van der Waals surface area contributed by atoms with Crippen molar-refractivity contribution in [2.75, 3.05) is 0 Å². The summed E-state index contributed by atoms with van der Waals surface area (Å²) in [5, 5.41) is 0. The highest BCUT2D eigenvalue weighted by molar-refractivity contribution is 7.40. The zero-order valence-corrected chi connectivity index (χ0v) is 5.04. The highest BCUT2D eigenvalue weighted by Crippen LogP contribution is 1.92. The van der Waals surface area contributed by atoms with Gasteiger partial charge in [0.1, 0.15) is 11.8 Å². The predicted octanol–water partition coefficient (Wildman–Crippen LogP) is 0.367. The predicted molar refractivity (Wildman–Crippen MR) is 30.0 cm³/mol. The van der Waals surface area contributed by atoms with E-state index in [-0.39, 0.29) is 5.52 Å². The van der Waals surface area contributed by atoms with E-state index in [1.165, 1.54) is 0 Å². The van der Waals surface area contributed by atoms with Crippen LogP contribution in [0.2, 0.25) is 0 Å². The zero-order valence-electron chi connectivity index (χ0n) is 3.89. The molecule has 0 bridgehead atoms. The molecule has 0 N–H and O–H groups in total. The van der Waals surface area contributed by atoms with E-state index < -0.39 is 0 Å². The fraction of sp³-hybridized carbons (Fsp3) is 0.500. The summed E-state index contributed by atoms with van der Waals surface area (Å²) in [5.41, 5.74) is -0.00731. The van der Waals surface area contributed by atoms with Gasteiger partial charge in [-0.2, -0.15) is 0 Å². The normalized spacial score (nSPS) is 8.14. The van der Waals surface area contributed by atoms with Crippen molar-refractivity contribution in [1.82, 2.24) is 0 Å². The maximum absolute atomic E-state index is 10.0. The van der Waals surface area contributed by atoms with E-state index in [4.69, 9.17) is 0 Å². The first-order chi connectivity index (χ1) is 3.27. The molecule has 40 valence electrons. The summed E-state index contributed by atoms with van der Waals surface area (Å²) in [6, 6.07) is 0. The van der Waals surface area contributed by atoms with Gasteiger partial charge in [0.05, 0.1) is 0 Å². The zero-order chi connectivity index (χ0) is 5.70. The maximum Gasteiger partial charge on any atom is 0.148 e. The number of hydrogen-bond donors (Lipinski definition) is 0. The SMILES string of the molecule is O=CCCC(=O)P. The Hall–Kier alpha value is -0.230. The molecule has 0 aliphatic heterocycles. The minimum absolute atomic E-state index is 0.00731. The third kappa shape index (κ3) is 5.77. The molecule has 0 aromatic heterocycles. The fourth-order valence-corrected chi connectivity index (χ4v) is 0.368. The van der Waals surface area contributed by atoms with Gasteiger partial charge in [-0.25, -0.2) is 0 Å². The summed E-state index contributed by atoms with van der Waals surface area (Å²) < 4.78 is 0. The Morgan fingerprint density at radius 1 is 1.71 bits per heavy atom. The molecule has 0 radical (unpaired) electrons. The number of carbonyl (C=O) groups is 2. The van der Waals surface area contributed by atoms with Crippen LogP contribution in [0.4, 0.5) is 0 Å². The van der Waals surface area contributed by atoms with Gasteiger partial charge in [0.15, 0.2) is 0 Å². The summed E-state index contributed by atoms with van der Waals surface area (Å²) in [5.74, 6) is 0. The first-order valence-corrected chi connectivity index (χ1v) is 2.57. The van der Waals surface area contributed by atoms with Crippen LogP contribution in [-0.2, 0) is 9.59 Å². The molecular weight excluding hydrogens is 111 g/mol. The second kappa shape index (κ2) is 3.94. The third-order valence-electron chi connectivity index (χ3n) is 0.509. The first kappa shape index (κ1) is 6.77. The molecule has 1 unspecified atom stereocenters. The summed E-state index contributed by atoms with van der Waals surface area (Å²) >= 11 is 0. The average Bonchev–Trinajstić information content (AvgIpc) is 1.61. The molecule has 0 aliphatic rings. The molecule has 2 nitrogen and oxygen atoms in total. The van der Waals surface area contributed by atoms with E-state index in [2.05, 4.69) is 0 Å². The topological polar surface area (TPSA) is 34.1 Å². The van der Waals surface area contributed by atoms with Crippen LogP contribution in [0.25, 0.3) is 0 Å². The third-order valence-corrected chi connectivity index (χ3v) is 0.797. The van der Waals surface area contributed by atoms with Crippen LogP contribution >= 0.6 is 9.24 Å². The second-order valence-corrected chi connectivity index (χ2v) is 1.82. The summed E-state index contributed by atoms with van der Waals surface area (Å²) in [6.45, 7) is 0. The number of hydrogen-bond acceptors (Lipinski definition) is 2. The molecule has 1 atom stereocenters. The van der Waals surface area contributed by atoms with Crippen LogP contribution < -0.4 is 0 Å². The Bertz CT molecular complexity index is 79.8. The molecule has 0 rings (SSSR count). The van der Waals surface area contributed by atoms with Crippen molar-refractivity contribution in [3.05, 3.63) is 0 Å². The number of rotatable bonds is 3. The molecule has 0 amide bonds. The largest absolute Gasteiger partial charge is 0.303 e. The van der Waals surface area contributed by atoms with Gasteiger partial charge in [0, 0.05) is 12.8 Å². The van der Waals surface area contributed by atoms with Crippen LogP contribution in [0.15, 0.2) is 0 Å². The molecule has 0 aromatic carbocycles. The van der Waals surface area contributed by atoms with Crippen molar-refractivity contribution in [2.24, 2.45) is 0 Å². The van der Waals surface area contributed by atoms with E-state index in [0.717, 1.165) is 6.29 Å². The number of carbonyl (C=O) groups excluding carboxylic acids is 2. The van der Waals surface area contributed by atoms with Crippen molar-refractivity contribution >= 4 is 21.1 Å². The minimum atomic E-state index is -0.00731. The molecule has 0 aromatic rings. The smallest absolute Gasteiger partial charge is 0.148 e. The van der Waals surface area contributed by atoms with Crippen molar-refractivity contribution in [2.45, 2.75) is 12.8 Å². The lowest BCUT2D eigenvalue weighted by atomic mass is 10.4. The monoisotopic (exact) mass is 118 g/mol. The molecule has 0 heterocycles. The van der Waals surface area contributed by atoms with Crippen molar-refractivity contribution in [1.29, 1.82) is 0 Å². The maximum atomic E-state index is 10.0. The standard InChI is InChI=1S/C4H7O2P/c5-3-1-2-4(6)7/h3H,1-2,7H2. The van der Waals surface area contributed by atoms with Crippen molar-refractivity contribution in [3.63, 3.8) is 0 Å². The summed E-state index contributed by atoms with van der Waals surface area (Å²) in [6.07, 6.45) is 1.44. The Labute approximate surface area is 44.5 Å². The number of aldehydes is 1. The molecule has 3 heteroatoms. The molecule has 0 saturated carbocycles. The van der Waals surface area contributed by atoms with Crippen LogP contribution in [-0.4, -0.2) is 11.8 Å². The van der Waals surface area contributed by atoms with Gasteiger partial charge >= 0.3 is 0 Å². The van der Waals surface area contributed by atoms with E-state index in [9.17, 15) is 9.59 Å². The van der Waals surface area contributed by atoms with Crippen LogP contribution in [0.5, 0.6) is 0 Å². The summed E-state index contributed by atoms with van der Waals surface area (Å²) in [4.78, 5) is 19.6. The lowest BCUT2D eigenvalue weighted by molar-refractivity contribution is -0.114. The molecular formula is C4H7O2P. The Morgan fingerprint density at radius 3 is 2.43 bits per heavy atom. The quantitative estimate of drug-likeness (QED) is 0.396. The Kier molecular flexibility index (Phi) is 3.81. The van der Waals surface area contributed by atoms with Gasteiger partial charge < -0.3 is 4.79 Å². The molecule has 0 aliphatic carbocycles. The highest BCUT2D eigenvalue weighted by atomic mass is 31.0. The lowest BCUT2D eigenvalue weighted by Crippen LogP contribution is -1.83. The molecule has 0 fully saturated rings. The Morgan fingerprint density at radius 2 is 2.29 bits per heavy atom. The van der Waals surface area contributed by atoms with Crippen LogP contribution in [0.3, 0.4) is 0 Å². The second-order valence-electron chi connectivity index (χ2n) is 1.17. The lowest BCUT2D eigenvalue weighted by Gasteiger charge is -1.80. The molecule has 0 spiro atoms. The molecule has 0 saturated heterocycles. The van der Waals surface area contributed by atoms with E-state index in [1.54, 1.807) is 0 Å². The van der Waals surface area contributed by atoms with Gasteiger partial charge in [-0.1, -0.05) is 9.24 Å². The van der Waals surface area contributed by atoms with Crippen LogP contribution in [0, 0.1) is 0 Å². The minimum Gasteiger partial charge on any atom is -0.303 e. The van der Waals surface area contributed by atoms with Gasteiger partial charge in [0.2, 0.25) is 0 Å². The van der Waals surface area contributed by atoms with Crippen molar-refractivity contribution in [3.8, 4) is 0 Å². The first-order valence-electron chi connectivity index (χ1n) is 1.99. The van der Waals surface area contributed by atoms with Gasteiger partial charge in [-0.15, -0.1) is 0 Å². The van der Waals surface area contributed by atoms with E-state index in [1.807, 2.05) is 9.24 Å². The molecule has 7 heavy (non-hydrogen) atoms. The van der Waals surface area contributed by atoms with Crippen LogP contribution in [0.1, 0.15) is 12.8 Å². The Balaban J connectivity index is 2.97. The fourth-order valence-electron chi connectivity index (χ4n) is 0.201. The average molecular weight is 118 g/mol. The van der Waals surface area contributed by atoms with E-state index >= 15 is 0 Å². The summed E-state index contributed by atoms with van der Waals surface area (Å²) in [7, 11) is 2.01. The van der Waals surface area contributed by atoms with Gasteiger partial charge in [-0.3, -0.25) is 4.79 Å². The van der Waals surface area contributed by atoms with E-state index in [0.29, 0.717) is 12.8 Å². The highest BCUT2D eigenvalue weighted by Gasteiger charge is 1.87. The van der Waals surface area contributed by atoms with Gasteiger partial charge in [-0.05, 0) is 0 Å². The van der Waals surface area contributed by atoms with Crippen molar-refractivity contribution < 1.29 is 9.59 Å².